The third-order valence-electron chi connectivity index (χ3n) is 4.01. The number of hydrogen-bond donors (Lipinski definition) is 1. The Morgan fingerprint density at radius 1 is 1.07 bits per heavy atom. The molecule has 0 saturated carbocycles. The summed E-state index contributed by atoms with van der Waals surface area (Å²) in [7, 11) is 3.33. The molecule has 0 radical (unpaired) electrons. The topological polar surface area (TPSA) is 65.4 Å². The number of aryl methyl sites for hydroxylation is 1. The molecular formula is C22H21N3O3. The average molecular weight is 375 g/mol. The number of carbonyl (C=O) groups excluding carboxylic acids is 1. The zero-order valence-electron chi connectivity index (χ0n) is 15.8. The first kappa shape index (κ1) is 19.1. The summed E-state index contributed by atoms with van der Waals surface area (Å²) in [5.74, 6) is 6.81. The van der Waals surface area contributed by atoms with Gasteiger partial charge >= 0.3 is 0 Å². The van der Waals surface area contributed by atoms with Crippen molar-refractivity contribution < 1.29 is 14.3 Å². The van der Waals surface area contributed by atoms with Crippen molar-refractivity contribution >= 4 is 5.91 Å². The van der Waals surface area contributed by atoms with Gasteiger partial charge in [-0.25, -0.2) is 0 Å². The van der Waals surface area contributed by atoms with Gasteiger partial charge < -0.3 is 14.8 Å². The van der Waals surface area contributed by atoms with Crippen LogP contribution in [0.1, 0.15) is 10.5 Å². The zero-order chi connectivity index (χ0) is 19.8. The Morgan fingerprint density at radius 2 is 1.79 bits per heavy atom. The SMILES string of the molecule is COc1ccccc1OCC#CCNC(=O)c1cc(-c2ccccc2)nn1C. The van der Waals surface area contributed by atoms with Crippen LogP contribution in [-0.4, -0.2) is 35.9 Å². The van der Waals surface area contributed by atoms with Crippen LogP contribution in [0.2, 0.25) is 0 Å². The third kappa shape index (κ3) is 4.71. The van der Waals surface area contributed by atoms with E-state index in [1.807, 2.05) is 54.6 Å². The number of nitrogens with one attached hydrogen (secondary N) is 1. The highest BCUT2D eigenvalue weighted by atomic mass is 16.5. The molecule has 2 aromatic carbocycles. The molecule has 0 bridgehead atoms. The molecule has 1 N–H and O–H groups in total. The van der Waals surface area contributed by atoms with Crippen molar-refractivity contribution in [1.29, 1.82) is 0 Å². The summed E-state index contributed by atoms with van der Waals surface area (Å²) in [5, 5.41) is 7.17. The lowest BCUT2D eigenvalue weighted by Gasteiger charge is -2.07. The van der Waals surface area contributed by atoms with Gasteiger partial charge in [-0.3, -0.25) is 9.48 Å². The predicted octanol–water partition coefficient (Wildman–Crippen LogP) is 2.91. The monoisotopic (exact) mass is 375 g/mol. The van der Waals surface area contributed by atoms with Gasteiger partial charge in [0, 0.05) is 12.6 Å². The van der Waals surface area contributed by atoms with Crippen LogP contribution in [0.4, 0.5) is 0 Å². The Morgan fingerprint density at radius 3 is 2.54 bits per heavy atom. The molecule has 0 aliphatic heterocycles. The Hall–Kier alpha value is -3.72. The Labute approximate surface area is 164 Å². The second-order valence-electron chi connectivity index (χ2n) is 5.88. The molecule has 0 unspecified atom stereocenters. The molecule has 0 aliphatic rings. The quantitative estimate of drug-likeness (QED) is 0.673. The largest absolute Gasteiger partial charge is 0.493 e. The Kier molecular flexibility index (Phi) is 6.32. The molecule has 6 nitrogen and oxygen atoms in total. The highest BCUT2D eigenvalue weighted by molar-refractivity contribution is 5.93. The van der Waals surface area contributed by atoms with Gasteiger partial charge in [0.1, 0.15) is 12.3 Å². The normalized spacial score (nSPS) is 9.93. The first-order chi connectivity index (χ1) is 13.7. The van der Waals surface area contributed by atoms with Crippen LogP contribution < -0.4 is 14.8 Å². The maximum atomic E-state index is 12.4. The van der Waals surface area contributed by atoms with Crippen LogP contribution in [0.3, 0.4) is 0 Å². The zero-order valence-corrected chi connectivity index (χ0v) is 15.8. The van der Waals surface area contributed by atoms with Crippen LogP contribution in [0.15, 0.2) is 60.7 Å². The van der Waals surface area contributed by atoms with Crippen LogP contribution in [-0.2, 0) is 7.05 Å². The molecule has 0 fully saturated rings. The number of nitrogens with zero attached hydrogens (tertiary/aromatic N) is 2. The van der Waals surface area contributed by atoms with Crippen molar-refractivity contribution in [2.24, 2.45) is 7.05 Å². The van der Waals surface area contributed by atoms with Gasteiger partial charge in [0.25, 0.3) is 5.91 Å². The van der Waals surface area contributed by atoms with E-state index in [9.17, 15) is 4.79 Å². The van der Waals surface area contributed by atoms with Crippen LogP contribution >= 0.6 is 0 Å². The van der Waals surface area contributed by atoms with Crippen molar-refractivity contribution in [3.63, 3.8) is 0 Å². The van der Waals surface area contributed by atoms with Gasteiger partial charge in [-0.05, 0) is 18.2 Å². The first-order valence-corrected chi connectivity index (χ1v) is 8.78. The standard InChI is InChI=1S/C22H21N3O3/c1-25-19(16-18(24-25)17-10-4-3-5-11-17)22(26)23-14-8-9-15-28-21-13-7-6-12-20(21)27-2/h3-7,10-13,16H,14-15H2,1-2H3,(H,23,26). The molecule has 0 aliphatic carbocycles. The lowest BCUT2D eigenvalue weighted by atomic mass is 10.1. The number of hydrogen-bond acceptors (Lipinski definition) is 4. The molecule has 0 saturated heterocycles. The van der Waals surface area contributed by atoms with E-state index < -0.39 is 0 Å². The van der Waals surface area contributed by atoms with Crippen molar-refractivity contribution in [2.75, 3.05) is 20.3 Å². The minimum atomic E-state index is -0.225. The summed E-state index contributed by atoms with van der Waals surface area (Å²) in [6.45, 7) is 0.431. The van der Waals surface area contributed by atoms with E-state index >= 15 is 0 Å². The fourth-order valence-electron chi connectivity index (χ4n) is 2.61. The second kappa shape index (κ2) is 9.28. The third-order valence-corrected chi connectivity index (χ3v) is 4.01. The summed E-state index contributed by atoms with van der Waals surface area (Å²) in [6.07, 6.45) is 0. The molecule has 28 heavy (non-hydrogen) atoms. The molecule has 142 valence electrons. The van der Waals surface area contributed by atoms with Gasteiger partial charge in [0.15, 0.2) is 11.5 Å². The Balaban J connectivity index is 1.51. The maximum absolute atomic E-state index is 12.4. The van der Waals surface area contributed by atoms with E-state index in [1.54, 1.807) is 24.9 Å². The van der Waals surface area contributed by atoms with Crippen molar-refractivity contribution in [3.8, 4) is 34.6 Å². The molecule has 6 heteroatoms. The fourth-order valence-corrected chi connectivity index (χ4v) is 2.61. The molecule has 3 rings (SSSR count). The summed E-state index contributed by atoms with van der Waals surface area (Å²) in [4.78, 5) is 12.4. The number of amides is 1. The second-order valence-corrected chi connectivity index (χ2v) is 5.88. The van der Waals surface area contributed by atoms with Crippen LogP contribution in [0.5, 0.6) is 11.5 Å². The number of benzene rings is 2. The maximum Gasteiger partial charge on any atom is 0.270 e. The predicted molar refractivity (Wildman–Crippen MR) is 107 cm³/mol. The summed E-state index contributed by atoms with van der Waals surface area (Å²) < 4.78 is 12.3. The molecule has 1 amide bonds. The molecule has 0 atom stereocenters. The average Bonchev–Trinajstić information content (AvgIpc) is 3.13. The minimum Gasteiger partial charge on any atom is -0.493 e. The van der Waals surface area contributed by atoms with Crippen LogP contribution in [0, 0.1) is 11.8 Å². The molecule has 0 spiro atoms. The number of methoxy groups -OCH3 is 1. The smallest absolute Gasteiger partial charge is 0.270 e. The number of para-hydroxylation sites is 2. The first-order valence-electron chi connectivity index (χ1n) is 8.78. The van der Waals surface area contributed by atoms with E-state index in [-0.39, 0.29) is 19.1 Å². The number of rotatable bonds is 6. The molecule has 3 aromatic rings. The van der Waals surface area contributed by atoms with E-state index in [0.717, 1.165) is 11.3 Å². The number of ether oxygens (including phenoxy) is 2. The number of aromatic nitrogens is 2. The molecule has 1 aromatic heterocycles. The van der Waals surface area contributed by atoms with Crippen molar-refractivity contribution in [3.05, 3.63) is 66.4 Å². The minimum absolute atomic E-state index is 0.208. The Bertz CT molecular complexity index is 1000. The van der Waals surface area contributed by atoms with Gasteiger partial charge in [-0.15, -0.1) is 0 Å². The lowest BCUT2D eigenvalue weighted by molar-refractivity contribution is 0.0949. The van der Waals surface area contributed by atoms with Crippen LogP contribution in [0.25, 0.3) is 11.3 Å². The van der Waals surface area contributed by atoms with Crippen molar-refractivity contribution in [1.82, 2.24) is 15.1 Å². The van der Waals surface area contributed by atoms with E-state index in [0.29, 0.717) is 17.2 Å². The highest BCUT2D eigenvalue weighted by Gasteiger charge is 2.13. The summed E-state index contributed by atoms with van der Waals surface area (Å²) in [6, 6.07) is 18.9. The van der Waals surface area contributed by atoms with E-state index in [2.05, 4.69) is 22.3 Å². The van der Waals surface area contributed by atoms with E-state index in [1.165, 1.54) is 0 Å². The van der Waals surface area contributed by atoms with Gasteiger partial charge in [0.2, 0.25) is 0 Å². The van der Waals surface area contributed by atoms with Gasteiger partial charge in [-0.1, -0.05) is 54.3 Å². The van der Waals surface area contributed by atoms with E-state index in [4.69, 9.17) is 9.47 Å². The fraction of sp³-hybridized carbons (Fsp3) is 0.182. The van der Waals surface area contributed by atoms with Crippen molar-refractivity contribution in [2.45, 2.75) is 0 Å². The number of carbonyl (C=O) groups is 1. The molecule has 1 heterocycles. The summed E-state index contributed by atoms with van der Waals surface area (Å²) >= 11 is 0. The summed E-state index contributed by atoms with van der Waals surface area (Å²) in [5.41, 5.74) is 2.20. The molecular weight excluding hydrogens is 354 g/mol. The van der Waals surface area contributed by atoms with Gasteiger partial charge in [-0.2, -0.15) is 5.10 Å². The highest BCUT2D eigenvalue weighted by Crippen LogP contribution is 2.25. The van der Waals surface area contributed by atoms with Gasteiger partial charge in [0.05, 0.1) is 19.3 Å². The lowest BCUT2D eigenvalue weighted by Crippen LogP contribution is -2.25.